The predicted octanol–water partition coefficient (Wildman–Crippen LogP) is 0.998. The fourth-order valence-corrected chi connectivity index (χ4v) is 1.99. The van der Waals surface area contributed by atoms with Crippen molar-refractivity contribution in [2.45, 2.75) is 84.0 Å². The van der Waals surface area contributed by atoms with E-state index in [0.717, 1.165) is 19.3 Å². The molecule has 0 aromatic carbocycles. The molecule has 0 radical (unpaired) electrons. The molecule has 0 atom stereocenters. The molecule has 0 aromatic heterocycles. The summed E-state index contributed by atoms with van der Waals surface area (Å²) in [4.78, 5) is 10.2. The smallest absolute Gasteiger partial charge is 0.550 e. The normalized spacial score (nSPS) is 10.6. The van der Waals surface area contributed by atoms with Crippen LogP contribution in [0.25, 0.3) is 0 Å². The van der Waals surface area contributed by atoms with Crippen molar-refractivity contribution in [2.24, 2.45) is 0 Å². The van der Waals surface area contributed by atoms with Crippen LogP contribution in [0.3, 0.4) is 0 Å². The van der Waals surface area contributed by atoms with Gasteiger partial charge >= 0.3 is 18.9 Å². The number of carbonyl (C=O) groups is 1. The number of allylic oxidation sites excluding steroid dienone is 2. The summed E-state index contributed by atoms with van der Waals surface area (Å²) in [5.41, 5.74) is 0. The van der Waals surface area contributed by atoms with Gasteiger partial charge in [0.1, 0.15) is 0 Å². The molecular formula is C16H29LiO2. The van der Waals surface area contributed by atoms with Crippen molar-refractivity contribution in [3.05, 3.63) is 12.2 Å². The number of carboxylic acids is 1. The van der Waals surface area contributed by atoms with Gasteiger partial charge in [-0.2, -0.15) is 0 Å². The van der Waals surface area contributed by atoms with Gasteiger partial charge in [0.15, 0.2) is 0 Å². The van der Waals surface area contributed by atoms with Gasteiger partial charge in [-0.25, -0.2) is 0 Å². The molecule has 0 N–H and O–H groups in total. The van der Waals surface area contributed by atoms with Crippen molar-refractivity contribution in [3.63, 3.8) is 0 Å². The zero-order valence-electron chi connectivity index (χ0n) is 13.0. The van der Waals surface area contributed by atoms with E-state index in [2.05, 4.69) is 19.1 Å². The zero-order valence-corrected chi connectivity index (χ0v) is 13.0. The first-order chi connectivity index (χ1) is 8.77. The van der Waals surface area contributed by atoms with E-state index in [-0.39, 0.29) is 25.3 Å². The SMILES string of the molecule is CCCCCCC=CCCCCCCCC(=O)[O-].[Li+]. The number of unbranched alkanes of at least 4 members (excludes halogenated alkanes) is 9. The Morgan fingerprint density at radius 2 is 1.32 bits per heavy atom. The minimum atomic E-state index is -0.916. The fourth-order valence-electron chi connectivity index (χ4n) is 1.99. The van der Waals surface area contributed by atoms with Crippen LogP contribution in [0.1, 0.15) is 84.0 Å². The molecule has 19 heavy (non-hydrogen) atoms. The van der Waals surface area contributed by atoms with Gasteiger partial charge in [0, 0.05) is 5.97 Å². The topological polar surface area (TPSA) is 40.1 Å². The minimum Gasteiger partial charge on any atom is -0.550 e. The van der Waals surface area contributed by atoms with Crippen molar-refractivity contribution >= 4 is 5.97 Å². The van der Waals surface area contributed by atoms with Crippen molar-refractivity contribution < 1.29 is 28.8 Å². The Labute approximate surface area is 131 Å². The largest absolute Gasteiger partial charge is 1.00 e. The second kappa shape index (κ2) is 17.8. The summed E-state index contributed by atoms with van der Waals surface area (Å²) >= 11 is 0. The van der Waals surface area contributed by atoms with E-state index in [1.807, 2.05) is 0 Å². The van der Waals surface area contributed by atoms with E-state index in [1.165, 1.54) is 51.4 Å². The molecular weight excluding hydrogens is 231 g/mol. The molecule has 2 nitrogen and oxygen atoms in total. The van der Waals surface area contributed by atoms with Crippen LogP contribution in [-0.4, -0.2) is 5.97 Å². The number of rotatable bonds is 13. The average molecular weight is 260 g/mol. The number of carbonyl (C=O) groups excluding carboxylic acids is 1. The van der Waals surface area contributed by atoms with Crippen LogP contribution in [0.5, 0.6) is 0 Å². The van der Waals surface area contributed by atoms with Crippen LogP contribution in [-0.2, 0) is 4.79 Å². The van der Waals surface area contributed by atoms with Crippen LogP contribution in [0, 0.1) is 0 Å². The Hall–Kier alpha value is -0.193. The summed E-state index contributed by atoms with van der Waals surface area (Å²) in [5, 5.41) is 10.2. The number of hydrogen-bond donors (Lipinski definition) is 0. The van der Waals surface area contributed by atoms with Gasteiger partial charge in [-0.3, -0.25) is 0 Å². The van der Waals surface area contributed by atoms with Crippen molar-refractivity contribution in [3.8, 4) is 0 Å². The van der Waals surface area contributed by atoms with Crippen LogP contribution >= 0.6 is 0 Å². The molecule has 0 bridgehead atoms. The predicted molar refractivity (Wildman–Crippen MR) is 75.2 cm³/mol. The third-order valence-electron chi connectivity index (χ3n) is 3.14. The van der Waals surface area contributed by atoms with Gasteiger partial charge < -0.3 is 9.90 Å². The van der Waals surface area contributed by atoms with Gasteiger partial charge in [-0.15, -0.1) is 0 Å². The Morgan fingerprint density at radius 1 is 0.842 bits per heavy atom. The molecule has 0 aliphatic carbocycles. The van der Waals surface area contributed by atoms with E-state index in [9.17, 15) is 9.90 Å². The molecule has 0 unspecified atom stereocenters. The number of aliphatic carboxylic acids is 1. The summed E-state index contributed by atoms with van der Waals surface area (Å²) in [6.07, 6.45) is 18.0. The maximum Gasteiger partial charge on any atom is 1.00 e. The molecule has 0 aliphatic rings. The third-order valence-corrected chi connectivity index (χ3v) is 3.14. The van der Waals surface area contributed by atoms with Gasteiger partial charge in [-0.1, -0.05) is 57.6 Å². The van der Waals surface area contributed by atoms with Crippen molar-refractivity contribution in [1.29, 1.82) is 0 Å². The first-order valence-corrected chi connectivity index (χ1v) is 7.62. The maximum absolute atomic E-state index is 10.2. The first kappa shape index (κ1) is 21.1. The first-order valence-electron chi connectivity index (χ1n) is 7.62. The Morgan fingerprint density at radius 3 is 1.84 bits per heavy atom. The summed E-state index contributed by atoms with van der Waals surface area (Å²) < 4.78 is 0. The molecule has 0 saturated heterocycles. The molecule has 0 fully saturated rings. The van der Waals surface area contributed by atoms with Gasteiger partial charge in [0.2, 0.25) is 0 Å². The van der Waals surface area contributed by atoms with E-state index < -0.39 is 5.97 Å². The van der Waals surface area contributed by atoms with E-state index >= 15 is 0 Å². The molecule has 0 rings (SSSR count). The van der Waals surface area contributed by atoms with E-state index in [1.54, 1.807) is 0 Å². The van der Waals surface area contributed by atoms with Crippen LogP contribution in [0.4, 0.5) is 0 Å². The van der Waals surface area contributed by atoms with Crippen molar-refractivity contribution in [2.75, 3.05) is 0 Å². The van der Waals surface area contributed by atoms with Crippen LogP contribution in [0.15, 0.2) is 12.2 Å². The molecule has 0 spiro atoms. The third kappa shape index (κ3) is 20.3. The fraction of sp³-hybridized carbons (Fsp3) is 0.812. The van der Waals surface area contributed by atoms with E-state index in [4.69, 9.17) is 0 Å². The average Bonchev–Trinajstić information content (AvgIpc) is 2.34. The molecule has 0 heterocycles. The number of hydrogen-bond acceptors (Lipinski definition) is 2. The quantitative estimate of drug-likeness (QED) is 0.281. The molecule has 0 amide bonds. The maximum atomic E-state index is 10.2. The van der Waals surface area contributed by atoms with Crippen LogP contribution in [0.2, 0.25) is 0 Å². The molecule has 0 aromatic rings. The second-order valence-corrected chi connectivity index (χ2v) is 5.00. The summed E-state index contributed by atoms with van der Waals surface area (Å²) in [7, 11) is 0. The standard InChI is InChI=1S/C16H30O2.Li/c1-2-3-4-5-6-7-8-9-10-11-12-13-14-15-16(17)18;/h7-8H,2-6,9-15H2,1H3,(H,17,18);/q;+1/p-1. The van der Waals surface area contributed by atoms with Gasteiger partial charge in [-0.05, 0) is 38.5 Å². The summed E-state index contributed by atoms with van der Waals surface area (Å²) in [5.74, 6) is -0.916. The minimum absolute atomic E-state index is 0. The van der Waals surface area contributed by atoms with Crippen LogP contribution < -0.4 is 24.0 Å². The number of carboxylic acid groups (broad SMARTS) is 1. The molecule has 3 heteroatoms. The summed E-state index contributed by atoms with van der Waals surface area (Å²) in [6.45, 7) is 2.24. The Bertz CT molecular complexity index is 215. The van der Waals surface area contributed by atoms with Gasteiger partial charge in [0.05, 0.1) is 0 Å². The monoisotopic (exact) mass is 260 g/mol. The van der Waals surface area contributed by atoms with Gasteiger partial charge in [0.25, 0.3) is 0 Å². The molecule has 0 saturated carbocycles. The Balaban J connectivity index is 0. The second-order valence-electron chi connectivity index (χ2n) is 5.00. The Kier molecular flexibility index (Phi) is 19.8. The zero-order chi connectivity index (χ0) is 13.5. The summed E-state index contributed by atoms with van der Waals surface area (Å²) in [6, 6.07) is 0. The van der Waals surface area contributed by atoms with Crippen molar-refractivity contribution in [1.82, 2.24) is 0 Å². The van der Waals surface area contributed by atoms with E-state index in [0.29, 0.717) is 0 Å². The molecule has 106 valence electrons. The molecule has 0 aliphatic heterocycles.